The Labute approximate surface area is 128 Å². The number of carbonyl (C=O) groups is 1. The fourth-order valence-electron chi connectivity index (χ4n) is 3.06. The number of rotatable bonds is 2. The minimum absolute atomic E-state index is 0.0281. The lowest BCUT2D eigenvalue weighted by Crippen LogP contribution is -2.34. The highest BCUT2D eigenvalue weighted by Crippen LogP contribution is 2.34. The molecule has 22 heavy (non-hydrogen) atoms. The van der Waals surface area contributed by atoms with Gasteiger partial charge in [0.1, 0.15) is 11.5 Å². The number of halogens is 1. The van der Waals surface area contributed by atoms with Gasteiger partial charge >= 0.3 is 5.97 Å². The maximum Gasteiger partial charge on any atom is 0.354 e. The Morgan fingerprint density at radius 3 is 2.82 bits per heavy atom. The summed E-state index contributed by atoms with van der Waals surface area (Å²) in [5.74, 6) is -1.26. The Morgan fingerprint density at radius 1 is 1.36 bits per heavy atom. The number of carboxylic acid groups (broad SMARTS) is 1. The SMILES string of the molecule is Cc1cc(F)cc(N2CCc3cc(C(=O)O)ncc3[C@H]2C)c1. The van der Waals surface area contributed by atoms with Crippen LogP contribution in [0.25, 0.3) is 0 Å². The summed E-state index contributed by atoms with van der Waals surface area (Å²) < 4.78 is 13.6. The minimum Gasteiger partial charge on any atom is -0.477 e. The predicted molar refractivity (Wildman–Crippen MR) is 81.8 cm³/mol. The normalized spacial score (nSPS) is 17.2. The molecule has 0 aliphatic carbocycles. The van der Waals surface area contributed by atoms with Crippen molar-refractivity contribution < 1.29 is 14.3 Å². The van der Waals surface area contributed by atoms with Crippen LogP contribution in [0.4, 0.5) is 10.1 Å². The zero-order chi connectivity index (χ0) is 15.9. The van der Waals surface area contributed by atoms with Crippen molar-refractivity contribution in [2.45, 2.75) is 26.3 Å². The Hall–Kier alpha value is -2.43. The number of anilines is 1. The molecular weight excluding hydrogens is 283 g/mol. The molecule has 0 saturated heterocycles. The number of nitrogens with zero attached hydrogens (tertiary/aromatic N) is 2. The monoisotopic (exact) mass is 300 g/mol. The zero-order valence-electron chi connectivity index (χ0n) is 12.5. The van der Waals surface area contributed by atoms with E-state index >= 15 is 0 Å². The van der Waals surface area contributed by atoms with Crippen LogP contribution in [-0.4, -0.2) is 22.6 Å². The van der Waals surface area contributed by atoms with Crippen molar-refractivity contribution in [2.75, 3.05) is 11.4 Å². The van der Waals surface area contributed by atoms with E-state index in [9.17, 15) is 9.18 Å². The van der Waals surface area contributed by atoms with Crippen molar-refractivity contribution in [1.82, 2.24) is 4.98 Å². The molecule has 1 N–H and O–H groups in total. The third-order valence-electron chi connectivity index (χ3n) is 4.14. The molecule has 114 valence electrons. The number of hydrogen-bond acceptors (Lipinski definition) is 3. The van der Waals surface area contributed by atoms with Gasteiger partial charge in [0.05, 0.1) is 6.04 Å². The third-order valence-corrected chi connectivity index (χ3v) is 4.14. The first-order valence-electron chi connectivity index (χ1n) is 7.21. The lowest BCUT2D eigenvalue weighted by Gasteiger charge is -2.37. The summed E-state index contributed by atoms with van der Waals surface area (Å²) in [5, 5.41) is 9.03. The molecule has 4 nitrogen and oxygen atoms in total. The molecule has 0 unspecified atom stereocenters. The maximum atomic E-state index is 13.6. The first-order valence-corrected chi connectivity index (χ1v) is 7.21. The first-order chi connectivity index (χ1) is 10.5. The van der Waals surface area contributed by atoms with Crippen molar-refractivity contribution in [1.29, 1.82) is 0 Å². The molecule has 0 fully saturated rings. The van der Waals surface area contributed by atoms with Crippen LogP contribution >= 0.6 is 0 Å². The van der Waals surface area contributed by atoms with Gasteiger partial charge in [-0.2, -0.15) is 0 Å². The second-order valence-electron chi connectivity index (χ2n) is 5.68. The topological polar surface area (TPSA) is 53.4 Å². The van der Waals surface area contributed by atoms with Gasteiger partial charge in [0.15, 0.2) is 0 Å². The van der Waals surface area contributed by atoms with E-state index < -0.39 is 5.97 Å². The van der Waals surface area contributed by atoms with Crippen LogP contribution < -0.4 is 4.90 Å². The third kappa shape index (κ3) is 2.54. The van der Waals surface area contributed by atoms with Crippen molar-refractivity contribution in [2.24, 2.45) is 0 Å². The largest absolute Gasteiger partial charge is 0.477 e. The molecule has 0 amide bonds. The fourth-order valence-corrected chi connectivity index (χ4v) is 3.06. The van der Waals surface area contributed by atoms with Crippen molar-refractivity contribution in [3.8, 4) is 0 Å². The molecular formula is C17H17FN2O2. The number of hydrogen-bond donors (Lipinski definition) is 1. The van der Waals surface area contributed by atoms with E-state index in [0.717, 1.165) is 35.3 Å². The molecule has 1 aliphatic heterocycles. The molecule has 1 atom stereocenters. The summed E-state index contributed by atoms with van der Waals surface area (Å²) in [6, 6.07) is 6.67. The number of benzene rings is 1. The Morgan fingerprint density at radius 2 is 2.14 bits per heavy atom. The number of aromatic carboxylic acids is 1. The summed E-state index contributed by atoms with van der Waals surface area (Å²) in [6.45, 7) is 4.62. The van der Waals surface area contributed by atoms with Gasteiger partial charge in [-0.1, -0.05) is 0 Å². The second-order valence-corrected chi connectivity index (χ2v) is 5.68. The summed E-state index contributed by atoms with van der Waals surface area (Å²) in [7, 11) is 0. The Bertz CT molecular complexity index is 725. The van der Waals surface area contributed by atoms with E-state index in [2.05, 4.69) is 9.88 Å². The van der Waals surface area contributed by atoms with Crippen LogP contribution in [0.2, 0.25) is 0 Å². The second kappa shape index (κ2) is 5.40. The zero-order valence-corrected chi connectivity index (χ0v) is 12.5. The molecule has 1 aromatic carbocycles. The minimum atomic E-state index is -1.02. The van der Waals surface area contributed by atoms with Crippen molar-refractivity contribution in [3.63, 3.8) is 0 Å². The van der Waals surface area contributed by atoms with E-state index in [-0.39, 0.29) is 17.6 Å². The number of fused-ring (bicyclic) bond motifs is 1. The maximum absolute atomic E-state index is 13.6. The fraction of sp³-hybridized carbons (Fsp3) is 0.294. The molecule has 1 aliphatic rings. The summed E-state index contributed by atoms with van der Waals surface area (Å²) in [6.07, 6.45) is 2.35. The predicted octanol–water partition coefficient (Wildman–Crippen LogP) is 3.35. The Kier molecular flexibility index (Phi) is 3.56. The van der Waals surface area contributed by atoms with E-state index in [1.54, 1.807) is 12.3 Å². The van der Waals surface area contributed by atoms with Gasteiger partial charge in [-0.25, -0.2) is 14.2 Å². The average molecular weight is 300 g/mol. The van der Waals surface area contributed by atoms with Crippen molar-refractivity contribution >= 4 is 11.7 Å². The molecule has 3 rings (SSSR count). The Balaban J connectivity index is 1.97. The molecule has 2 aromatic rings. The first kappa shape index (κ1) is 14.5. The number of pyridine rings is 1. The highest BCUT2D eigenvalue weighted by molar-refractivity contribution is 5.85. The van der Waals surface area contributed by atoms with Gasteiger partial charge in [-0.3, -0.25) is 0 Å². The van der Waals surface area contributed by atoms with Gasteiger partial charge in [0.25, 0.3) is 0 Å². The summed E-state index contributed by atoms with van der Waals surface area (Å²) >= 11 is 0. The lowest BCUT2D eigenvalue weighted by atomic mass is 9.94. The molecule has 2 heterocycles. The van der Waals surface area contributed by atoms with Crippen LogP contribution in [0.3, 0.4) is 0 Å². The van der Waals surface area contributed by atoms with Gasteiger partial charge in [0, 0.05) is 18.4 Å². The lowest BCUT2D eigenvalue weighted by molar-refractivity contribution is 0.0690. The smallest absolute Gasteiger partial charge is 0.354 e. The number of aryl methyl sites for hydroxylation is 1. The highest BCUT2D eigenvalue weighted by Gasteiger charge is 2.25. The number of carboxylic acids is 1. The summed E-state index contributed by atoms with van der Waals surface area (Å²) in [4.78, 5) is 17.1. The van der Waals surface area contributed by atoms with E-state index in [1.807, 2.05) is 19.9 Å². The highest BCUT2D eigenvalue weighted by atomic mass is 19.1. The van der Waals surface area contributed by atoms with Gasteiger partial charge in [0.2, 0.25) is 0 Å². The van der Waals surface area contributed by atoms with Crippen LogP contribution in [0.15, 0.2) is 30.5 Å². The van der Waals surface area contributed by atoms with Crippen LogP contribution in [-0.2, 0) is 6.42 Å². The average Bonchev–Trinajstić information content (AvgIpc) is 2.46. The molecule has 1 aromatic heterocycles. The van der Waals surface area contributed by atoms with Gasteiger partial charge < -0.3 is 10.0 Å². The molecule has 0 spiro atoms. The van der Waals surface area contributed by atoms with Crippen LogP contribution in [0.5, 0.6) is 0 Å². The van der Waals surface area contributed by atoms with Gasteiger partial charge in [-0.15, -0.1) is 0 Å². The van der Waals surface area contributed by atoms with E-state index in [4.69, 9.17) is 5.11 Å². The molecule has 0 saturated carbocycles. The number of aromatic nitrogens is 1. The molecule has 0 radical (unpaired) electrons. The van der Waals surface area contributed by atoms with Crippen LogP contribution in [0.1, 0.15) is 40.1 Å². The molecule has 0 bridgehead atoms. The van der Waals surface area contributed by atoms with E-state index in [1.165, 1.54) is 12.1 Å². The van der Waals surface area contributed by atoms with E-state index in [0.29, 0.717) is 0 Å². The van der Waals surface area contributed by atoms with Gasteiger partial charge in [-0.05, 0) is 61.2 Å². The quantitative estimate of drug-likeness (QED) is 0.924. The summed E-state index contributed by atoms with van der Waals surface area (Å²) in [5.41, 5.74) is 3.80. The van der Waals surface area contributed by atoms with Crippen molar-refractivity contribution in [3.05, 3.63) is 58.7 Å². The standard InChI is InChI=1S/C17H17FN2O2/c1-10-5-13(18)8-14(6-10)20-4-3-12-7-16(17(21)22)19-9-15(12)11(20)2/h5-9,11H,3-4H2,1-2H3,(H,21,22)/t11-/m1/s1. The van der Waals surface area contributed by atoms with Crippen LogP contribution in [0, 0.1) is 12.7 Å². The molecule has 5 heteroatoms.